The average Bonchev–Trinajstić information content (AvgIpc) is 3.14. The van der Waals surface area contributed by atoms with E-state index in [9.17, 15) is 9.59 Å². The number of rotatable bonds is 2. The summed E-state index contributed by atoms with van der Waals surface area (Å²) in [7, 11) is 1.67. The lowest BCUT2D eigenvalue weighted by Gasteiger charge is -2.14. The van der Waals surface area contributed by atoms with Crippen LogP contribution >= 0.6 is 35.3 Å². The molecule has 1 amide bonds. The van der Waals surface area contributed by atoms with Gasteiger partial charge in [-0.2, -0.15) is 0 Å². The SMILES string of the molecule is Cc1nc2c(c(=O)n1C)C(NC(=O)c1csc3ccccc13)C(=S)S2. The molecule has 1 N–H and O–H groups in total. The predicted octanol–water partition coefficient (Wildman–Crippen LogP) is 3.21. The number of fused-ring (bicyclic) bond motifs is 2. The fourth-order valence-corrected chi connectivity index (χ4v) is 5.12. The number of nitrogens with zero attached hydrogens (tertiary/aromatic N) is 2. The lowest BCUT2D eigenvalue weighted by atomic mass is 10.1. The Labute approximate surface area is 157 Å². The Morgan fingerprint density at radius 3 is 2.92 bits per heavy atom. The van der Waals surface area contributed by atoms with Crippen LogP contribution in [-0.4, -0.2) is 19.7 Å². The molecule has 0 aliphatic carbocycles. The zero-order valence-electron chi connectivity index (χ0n) is 13.4. The fourth-order valence-electron chi connectivity index (χ4n) is 2.79. The molecule has 1 atom stereocenters. The highest BCUT2D eigenvalue weighted by atomic mass is 32.2. The van der Waals surface area contributed by atoms with E-state index in [-0.39, 0.29) is 11.5 Å². The van der Waals surface area contributed by atoms with Crippen LogP contribution in [0.2, 0.25) is 0 Å². The molecule has 3 heterocycles. The third-order valence-corrected chi connectivity index (χ3v) is 6.63. The Morgan fingerprint density at radius 2 is 2.12 bits per heavy atom. The van der Waals surface area contributed by atoms with Crippen LogP contribution in [0.25, 0.3) is 10.1 Å². The van der Waals surface area contributed by atoms with Crippen LogP contribution in [0.4, 0.5) is 0 Å². The van der Waals surface area contributed by atoms with E-state index in [2.05, 4.69) is 10.3 Å². The molecule has 0 radical (unpaired) electrons. The van der Waals surface area contributed by atoms with E-state index in [0.29, 0.717) is 26.2 Å². The Bertz CT molecular complexity index is 1100. The summed E-state index contributed by atoms with van der Waals surface area (Å²) in [5.74, 6) is 0.385. The van der Waals surface area contributed by atoms with Gasteiger partial charge in [0.2, 0.25) is 0 Å². The lowest BCUT2D eigenvalue weighted by Crippen LogP contribution is -2.35. The fraction of sp³-hybridized carbons (Fsp3) is 0.176. The number of benzene rings is 1. The number of hydrogen-bond donors (Lipinski definition) is 1. The molecule has 1 unspecified atom stereocenters. The maximum Gasteiger partial charge on any atom is 0.260 e. The van der Waals surface area contributed by atoms with Crippen molar-refractivity contribution >= 4 is 55.5 Å². The largest absolute Gasteiger partial charge is 0.339 e. The summed E-state index contributed by atoms with van der Waals surface area (Å²) < 4.78 is 3.06. The van der Waals surface area contributed by atoms with Gasteiger partial charge in [0.1, 0.15) is 16.9 Å². The highest BCUT2D eigenvalue weighted by Gasteiger charge is 2.35. The molecule has 0 saturated carbocycles. The van der Waals surface area contributed by atoms with E-state index in [4.69, 9.17) is 12.2 Å². The van der Waals surface area contributed by atoms with E-state index in [0.717, 1.165) is 10.1 Å². The van der Waals surface area contributed by atoms with Crippen molar-refractivity contribution in [2.75, 3.05) is 0 Å². The number of nitrogens with one attached hydrogen (secondary N) is 1. The first-order valence-electron chi connectivity index (χ1n) is 7.53. The van der Waals surface area contributed by atoms with Crippen molar-refractivity contribution in [1.29, 1.82) is 0 Å². The summed E-state index contributed by atoms with van der Waals surface area (Å²) in [5, 5.41) is 6.24. The minimum absolute atomic E-state index is 0.171. The zero-order valence-corrected chi connectivity index (χ0v) is 15.8. The van der Waals surface area contributed by atoms with Crippen molar-refractivity contribution in [2.45, 2.75) is 18.0 Å². The number of thiophene rings is 1. The lowest BCUT2D eigenvalue weighted by molar-refractivity contribution is 0.0949. The third-order valence-electron chi connectivity index (χ3n) is 4.24. The second kappa shape index (κ2) is 6.05. The van der Waals surface area contributed by atoms with Crippen LogP contribution in [0.3, 0.4) is 0 Å². The monoisotopic (exact) mass is 387 g/mol. The highest BCUT2D eigenvalue weighted by molar-refractivity contribution is 8.23. The molecular weight excluding hydrogens is 374 g/mol. The average molecular weight is 388 g/mol. The number of aryl methyl sites for hydroxylation is 1. The number of carbonyl (C=O) groups excluding carboxylic acids is 1. The maximum atomic E-state index is 12.8. The molecule has 8 heteroatoms. The van der Waals surface area contributed by atoms with Gasteiger partial charge in [0.25, 0.3) is 11.5 Å². The van der Waals surface area contributed by atoms with Gasteiger partial charge in [0.15, 0.2) is 0 Å². The first-order chi connectivity index (χ1) is 12.0. The molecule has 1 aliphatic heterocycles. The quantitative estimate of drug-likeness (QED) is 0.540. The Hall–Kier alpha value is -2.03. The van der Waals surface area contributed by atoms with Crippen molar-refractivity contribution in [2.24, 2.45) is 7.05 Å². The van der Waals surface area contributed by atoms with Gasteiger partial charge < -0.3 is 5.32 Å². The standard InChI is InChI=1S/C17H13N3O2S3/c1-8-18-15-12(16(22)20(8)2)13(17(23)25-15)19-14(21)10-7-24-11-6-4-3-5-9(10)11/h3-7,13H,1-2H3,(H,19,21). The molecule has 126 valence electrons. The summed E-state index contributed by atoms with van der Waals surface area (Å²) >= 11 is 8.19. The molecular formula is C17H13N3O2S3. The Morgan fingerprint density at radius 1 is 1.36 bits per heavy atom. The van der Waals surface area contributed by atoms with Gasteiger partial charge in [-0.05, 0) is 13.0 Å². The number of thiocarbonyl (C=S) groups is 1. The molecule has 4 rings (SSSR count). The second-order valence-electron chi connectivity index (χ2n) is 5.72. The van der Waals surface area contributed by atoms with E-state index in [1.807, 2.05) is 29.6 Å². The molecule has 0 saturated heterocycles. The summed E-state index contributed by atoms with van der Waals surface area (Å²) in [6, 6.07) is 7.13. The number of hydrogen-bond acceptors (Lipinski definition) is 6. The molecule has 3 aromatic rings. The van der Waals surface area contributed by atoms with Crippen LogP contribution in [0.15, 0.2) is 39.5 Å². The number of amides is 1. The van der Waals surface area contributed by atoms with Crippen molar-refractivity contribution in [1.82, 2.24) is 14.9 Å². The van der Waals surface area contributed by atoms with Crippen molar-refractivity contribution in [3.05, 3.63) is 57.0 Å². The minimum atomic E-state index is -0.604. The van der Waals surface area contributed by atoms with E-state index >= 15 is 0 Å². The van der Waals surface area contributed by atoms with Gasteiger partial charge >= 0.3 is 0 Å². The topological polar surface area (TPSA) is 64.0 Å². The molecule has 0 bridgehead atoms. The molecule has 1 aromatic carbocycles. The van der Waals surface area contributed by atoms with Gasteiger partial charge in [-0.1, -0.05) is 42.2 Å². The smallest absolute Gasteiger partial charge is 0.260 e. The number of carbonyl (C=O) groups is 1. The third kappa shape index (κ3) is 2.61. The van der Waals surface area contributed by atoms with E-state index in [1.54, 1.807) is 14.0 Å². The van der Waals surface area contributed by atoms with Crippen LogP contribution in [0, 0.1) is 6.92 Å². The molecule has 5 nitrogen and oxygen atoms in total. The minimum Gasteiger partial charge on any atom is -0.339 e. The van der Waals surface area contributed by atoms with Gasteiger partial charge in [-0.15, -0.1) is 11.3 Å². The number of thioether (sulfide) groups is 1. The highest BCUT2D eigenvalue weighted by Crippen LogP contribution is 2.37. The van der Waals surface area contributed by atoms with Gasteiger partial charge in [0, 0.05) is 22.5 Å². The van der Waals surface area contributed by atoms with E-state index in [1.165, 1.54) is 27.7 Å². The maximum absolute atomic E-state index is 12.8. The second-order valence-corrected chi connectivity index (χ2v) is 8.36. The summed E-state index contributed by atoms with van der Waals surface area (Å²) in [6.45, 7) is 1.77. The molecule has 0 fully saturated rings. The first-order valence-corrected chi connectivity index (χ1v) is 9.64. The first kappa shape index (κ1) is 16.4. The van der Waals surface area contributed by atoms with Gasteiger partial charge in [-0.3, -0.25) is 14.2 Å². The van der Waals surface area contributed by atoms with Crippen molar-refractivity contribution in [3.8, 4) is 0 Å². The van der Waals surface area contributed by atoms with Crippen LogP contribution in [0.1, 0.15) is 27.8 Å². The molecule has 2 aromatic heterocycles. The Kier molecular flexibility index (Phi) is 3.98. The molecule has 25 heavy (non-hydrogen) atoms. The predicted molar refractivity (Wildman–Crippen MR) is 105 cm³/mol. The van der Waals surface area contributed by atoms with Crippen molar-refractivity contribution < 1.29 is 4.79 Å². The van der Waals surface area contributed by atoms with Gasteiger partial charge in [0.05, 0.1) is 15.3 Å². The molecule has 0 spiro atoms. The van der Waals surface area contributed by atoms with Gasteiger partial charge in [-0.25, -0.2) is 4.98 Å². The summed E-state index contributed by atoms with van der Waals surface area (Å²) in [6.07, 6.45) is 0. The Balaban J connectivity index is 1.73. The van der Waals surface area contributed by atoms with Crippen LogP contribution in [0.5, 0.6) is 0 Å². The number of aromatic nitrogens is 2. The van der Waals surface area contributed by atoms with Crippen molar-refractivity contribution in [3.63, 3.8) is 0 Å². The van der Waals surface area contributed by atoms with E-state index < -0.39 is 6.04 Å². The molecule has 1 aliphatic rings. The zero-order chi connectivity index (χ0) is 17.7. The summed E-state index contributed by atoms with van der Waals surface area (Å²) in [5.41, 5.74) is 0.880. The summed E-state index contributed by atoms with van der Waals surface area (Å²) in [4.78, 5) is 29.8. The normalized spacial score (nSPS) is 16.2. The van der Waals surface area contributed by atoms with Crippen LogP contribution in [-0.2, 0) is 7.05 Å². The van der Waals surface area contributed by atoms with Crippen LogP contribution < -0.4 is 10.9 Å².